The van der Waals surface area contributed by atoms with Gasteiger partial charge in [0.15, 0.2) is 11.6 Å². The number of halogens is 1. The molecule has 0 bridgehead atoms. The molecule has 0 amide bonds. The highest BCUT2D eigenvalue weighted by molar-refractivity contribution is 5.60. The molecule has 1 N–H and O–H groups in total. The summed E-state index contributed by atoms with van der Waals surface area (Å²) >= 11 is 0. The van der Waals surface area contributed by atoms with Crippen molar-refractivity contribution < 1.29 is 14.1 Å². The van der Waals surface area contributed by atoms with Crippen molar-refractivity contribution in [2.45, 2.75) is 25.8 Å². The zero-order valence-electron chi connectivity index (χ0n) is 14.7. The second-order valence-electron chi connectivity index (χ2n) is 6.29. The van der Waals surface area contributed by atoms with Gasteiger partial charge in [-0.25, -0.2) is 4.39 Å². The van der Waals surface area contributed by atoms with Gasteiger partial charge < -0.3 is 15.0 Å². The van der Waals surface area contributed by atoms with E-state index in [2.05, 4.69) is 16.3 Å². The molecule has 7 heteroatoms. The molecule has 0 spiro atoms. The van der Waals surface area contributed by atoms with E-state index in [1.54, 1.807) is 0 Å². The van der Waals surface area contributed by atoms with Crippen LogP contribution in [-0.4, -0.2) is 25.1 Å². The molecule has 3 rings (SSSR count). The van der Waals surface area contributed by atoms with E-state index in [1.165, 1.54) is 32.4 Å². The molecule has 26 heavy (non-hydrogen) atoms. The maximum Gasteiger partial charge on any atom is 0.313 e. The van der Waals surface area contributed by atoms with Crippen LogP contribution in [0.1, 0.15) is 24.8 Å². The Morgan fingerprint density at radius 3 is 2.65 bits per heavy atom. The number of nitrogens with zero attached hydrogens (tertiary/aromatic N) is 2. The second-order valence-corrected chi connectivity index (χ2v) is 6.29. The maximum atomic E-state index is 14.3. The molecule has 1 fully saturated rings. The summed E-state index contributed by atoms with van der Waals surface area (Å²) in [4.78, 5) is 12.7. The fourth-order valence-electron chi connectivity index (χ4n) is 3.28. The van der Waals surface area contributed by atoms with Crippen molar-refractivity contribution in [3.05, 3.63) is 57.9 Å². The lowest BCUT2D eigenvalue weighted by molar-refractivity contribution is -0.385. The maximum absolute atomic E-state index is 14.3. The quantitative estimate of drug-likeness (QED) is 0.614. The molecule has 0 atom stereocenters. The Hall–Kier alpha value is -2.83. The number of nitro benzene ring substituents is 1. The van der Waals surface area contributed by atoms with Crippen molar-refractivity contribution in [3.63, 3.8) is 0 Å². The third kappa shape index (κ3) is 3.87. The van der Waals surface area contributed by atoms with E-state index >= 15 is 0 Å². The van der Waals surface area contributed by atoms with Crippen molar-refractivity contribution in [2.75, 3.05) is 30.4 Å². The molecule has 138 valence electrons. The van der Waals surface area contributed by atoms with Gasteiger partial charge in [0, 0.05) is 31.4 Å². The molecular formula is C19H22FN3O3. The van der Waals surface area contributed by atoms with Gasteiger partial charge in [0.1, 0.15) is 0 Å². The van der Waals surface area contributed by atoms with Gasteiger partial charge in [0.2, 0.25) is 0 Å². The Labute approximate surface area is 151 Å². The lowest BCUT2D eigenvalue weighted by Gasteiger charge is -2.30. The van der Waals surface area contributed by atoms with E-state index in [9.17, 15) is 14.5 Å². The summed E-state index contributed by atoms with van der Waals surface area (Å²) in [6, 6.07) is 10.3. The number of nitro groups is 1. The summed E-state index contributed by atoms with van der Waals surface area (Å²) in [6.45, 7) is 2.47. The fourth-order valence-corrected chi connectivity index (χ4v) is 3.28. The molecule has 2 aromatic rings. The van der Waals surface area contributed by atoms with E-state index in [-0.39, 0.29) is 17.1 Å². The summed E-state index contributed by atoms with van der Waals surface area (Å²) in [6.07, 6.45) is 3.61. The Morgan fingerprint density at radius 1 is 1.23 bits per heavy atom. The first-order valence-electron chi connectivity index (χ1n) is 8.69. The molecule has 0 unspecified atom stereocenters. The highest BCUT2D eigenvalue weighted by atomic mass is 19.1. The van der Waals surface area contributed by atoms with Gasteiger partial charge in [-0.3, -0.25) is 10.1 Å². The van der Waals surface area contributed by atoms with Gasteiger partial charge in [-0.1, -0.05) is 18.2 Å². The third-order valence-electron chi connectivity index (χ3n) is 4.62. The number of hydrogen-bond donors (Lipinski definition) is 1. The molecule has 1 heterocycles. The van der Waals surface area contributed by atoms with Crippen molar-refractivity contribution in [3.8, 4) is 5.75 Å². The average Bonchev–Trinajstić information content (AvgIpc) is 2.67. The van der Waals surface area contributed by atoms with E-state index in [0.717, 1.165) is 30.4 Å². The summed E-state index contributed by atoms with van der Waals surface area (Å²) in [5, 5.41) is 14.0. The lowest BCUT2D eigenvalue weighted by atomic mass is 10.1. The summed E-state index contributed by atoms with van der Waals surface area (Å²) < 4.78 is 19.3. The van der Waals surface area contributed by atoms with Crippen molar-refractivity contribution >= 4 is 17.1 Å². The smallest absolute Gasteiger partial charge is 0.313 e. The fraction of sp³-hybridized carbons (Fsp3) is 0.368. The van der Waals surface area contributed by atoms with Gasteiger partial charge >= 0.3 is 5.69 Å². The molecule has 1 saturated heterocycles. The van der Waals surface area contributed by atoms with Crippen LogP contribution in [0.3, 0.4) is 0 Å². The Balaban J connectivity index is 1.80. The van der Waals surface area contributed by atoms with Gasteiger partial charge in [0.25, 0.3) is 0 Å². The minimum absolute atomic E-state index is 0.0308. The number of ether oxygens (including phenoxy) is 1. The van der Waals surface area contributed by atoms with Crippen LogP contribution < -0.4 is 15.0 Å². The molecule has 1 aliphatic rings. The van der Waals surface area contributed by atoms with E-state index in [1.807, 2.05) is 18.2 Å². The lowest BCUT2D eigenvalue weighted by Crippen LogP contribution is -2.30. The summed E-state index contributed by atoms with van der Waals surface area (Å²) in [5.41, 5.74) is 2.00. The van der Waals surface area contributed by atoms with Gasteiger partial charge in [-0.15, -0.1) is 0 Å². The molecule has 0 aromatic heterocycles. The van der Waals surface area contributed by atoms with Gasteiger partial charge in [0.05, 0.1) is 23.8 Å². The number of benzene rings is 2. The average molecular weight is 359 g/mol. The predicted octanol–water partition coefficient (Wildman–Crippen LogP) is 4.34. The number of para-hydroxylation sites is 1. The Morgan fingerprint density at radius 2 is 1.96 bits per heavy atom. The molecular weight excluding hydrogens is 337 g/mol. The molecule has 0 saturated carbocycles. The number of piperidine rings is 1. The minimum atomic E-state index is -0.673. The van der Waals surface area contributed by atoms with Crippen LogP contribution in [0.5, 0.6) is 5.75 Å². The van der Waals surface area contributed by atoms with Crippen LogP contribution in [0.15, 0.2) is 36.4 Å². The zero-order valence-corrected chi connectivity index (χ0v) is 14.7. The van der Waals surface area contributed by atoms with Crippen LogP contribution in [0.25, 0.3) is 0 Å². The highest BCUT2D eigenvalue weighted by Gasteiger charge is 2.20. The van der Waals surface area contributed by atoms with Crippen LogP contribution in [0, 0.1) is 15.9 Å². The number of hydrogen-bond acceptors (Lipinski definition) is 5. The molecule has 0 aliphatic carbocycles. The van der Waals surface area contributed by atoms with Crippen LogP contribution in [-0.2, 0) is 6.54 Å². The number of nitrogens with one attached hydrogen (secondary N) is 1. The first kappa shape index (κ1) is 18.0. The number of anilines is 2. The third-order valence-corrected chi connectivity index (χ3v) is 4.62. The zero-order chi connectivity index (χ0) is 18.5. The van der Waals surface area contributed by atoms with Gasteiger partial charge in [-0.05, 0) is 30.9 Å². The minimum Gasteiger partial charge on any atom is -0.490 e. The first-order valence-corrected chi connectivity index (χ1v) is 8.69. The Kier molecular flexibility index (Phi) is 5.55. The van der Waals surface area contributed by atoms with E-state index in [4.69, 9.17) is 4.74 Å². The summed E-state index contributed by atoms with van der Waals surface area (Å²) in [7, 11) is 1.33. The SMILES string of the molecule is COc1cc(NCc2ccccc2N2CCCCC2)c(F)cc1[N+](=O)[O-]. The monoisotopic (exact) mass is 359 g/mol. The van der Waals surface area contributed by atoms with E-state index in [0.29, 0.717) is 6.54 Å². The summed E-state index contributed by atoms with van der Waals surface area (Å²) in [5.74, 6) is -0.642. The van der Waals surface area contributed by atoms with Crippen molar-refractivity contribution in [1.29, 1.82) is 0 Å². The molecule has 1 aliphatic heterocycles. The topological polar surface area (TPSA) is 67.6 Å². The molecule has 2 aromatic carbocycles. The number of methoxy groups -OCH3 is 1. The van der Waals surface area contributed by atoms with Crippen LogP contribution in [0.4, 0.5) is 21.5 Å². The van der Waals surface area contributed by atoms with Gasteiger partial charge in [-0.2, -0.15) is 0 Å². The van der Waals surface area contributed by atoms with Crippen molar-refractivity contribution in [1.82, 2.24) is 0 Å². The largest absolute Gasteiger partial charge is 0.490 e. The molecule has 6 nitrogen and oxygen atoms in total. The molecule has 0 radical (unpaired) electrons. The second kappa shape index (κ2) is 8.03. The predicted molar refractivity (Wildman–Crippen MR) is 99.4 cm³/mol. The Bertz CT molecular complexity index is 792. The number of rotatable bonds is 6. The van der Waals surface area contributed by atoms with E-state index < -0.39 is 10.7 Å². The van der Waals surface area contributed by atoms with Crippen LogP contribution >= 0.6 is 0 Å². The highest BCUT2D eigenvalue weighted by Crippen LogP contribution is 2.33. The van der Waals surface area contributed by atoms with Crippen molar-refractivity contribution in [2.24, 2.45) is 0 Å². The normalized spacial score (nSPS) is 14.2. The first-order chi connectivity index (χ1) is 12.6. The van der Waals surface area contributed by atoms with Crippen LogP contribution in [0.2, 0.25) is 0 Å². The standard InChI is InChI=1S/C19H22FN3O3/c1-26-19-12-16(15(20)11-18(19)23(24)25)21-13-14-7-3-4-8-17(14)22-9-5-2-6-10-22/h3-4,7-8,11-12,21H,2,5-6,9-10,13H2,1H3.